The second-order valence-corrected chi connectivity index (χ2v) is 9.59. The van der Waals surface area contributed by atoms with E-state index < -0.39 is 28.9 Å². The van der Waals surface area contributed by atoms with Gasteiger partial charge in [0.15, 0.2) is 0 Å². The minimum absolute atomic E-state index is 0.0430. The standard InChI is InChI=1S/C24H21ClF4N4O2/c25-16-9-18(20(26)30-11-16)19-12-33(22(35)31-21(19)34)7-1-2-17-8-15-10-23(15,32-17)13-3-5-14(6-4-13)24(27,28)29/h3-6,9,11-12,15,17,32H,1-2,7-8,10H2,(H,31,34,35)/t15-,17?,23-/m1/s1. The van der Waals surface area contributed by atoms with Gasteiger partial charge in [-0.05, 0) is 55.4 Å². The molecular weight excluding hydrogens is 488 g/mol. The molecule has 6 nitrogen and oxygen atoms in total. The van der Waals surface area contributed by atoms with Gasteiger partial charge in [0.25, 0.3) is 5.56 Å². The van der Waals surface area contributed by atoms with E-state index in [9.17, 15) is 27.2 Å². The quantitative estimate of drug-likeness (QED) is 0.380. The molecule has 1 aliphatic heterocycles. The number of alkyl halides is 3. The summed E-state index contributed by atoms with van der Waals surface area (Å²) in [5.74, 6) is -0.502. The average Bonchev–Trinajstić information content (AvgIpc) is 3.38. The summed E-state index contributed by atoms with van der Waals surface area (Å²) in [7, 11) is 0. The number of rotatable bonds is 6. The number of piperidine rings is 1. The summed E-state index contributed by atoms with van der Waals surface area (Å²) >= 11 is 5.88. The van der Waals surface area contributed by atoms with Gasteiger partial charge in [0, 0.05) is 36.1 Å². The smallest absolute Gasteiger partial charge is 0.304 e. The van der Waals surface area contributed by atoms with Gasteiger partial charge < -0.3 is 5.32 Å². The van der Waals surface area contributed by atoms with Crippen LogP contribution in [0.3, 0.4) is 0 Å². The third-order valence-corrected chi connectivity index (χ3v) is 7.13. The highest BCUT2D eigenvalue weighted by atomic mass is 35.5. The number of pyridine rings is 1. The number of H-pyrrole nitrogens is 1. The topological polar surface area (TPSA) is 79.8 Å². The molecular formula is C24H21ClF4N4O2. The Labute approximate surface area is 202 Å². The Morgan fingerprint density at radius 3 is 2.63 bits per heavy atom. The largest absolute Gasteiger partial charge is 0.416 e. The van der Waals surface area contributed by atoms with Crippen molar-refractivity contribution in [3.63, 3.8) is 0 Å². The maximum absolute atomic E-state index is 14.1. The predicted octanol–water partition coefficient (Wildman–Crippen LogP) is 4.47. The Bertz CT molecular complexity index is 1390. The molecule has 2 aromatic heterocycles. The molecule has 2 fully saturated rings. The lowest BCUT2D eigenvalue weighted by molar-refractivity contribution is -0.137. The molecule has 35 heavy (non-hydrogen) atoms. The molecule has 1 aromatic carbocycles. The van der Waals surface area contributed by atoms with E-state index in [1.165, 1.54) is 16.8 Å². The molecule has 11 heteroatoms. The van der Waals surface area contributed by atoms with E-state index >= 15 is 0 Å². The number of aromatic nitrogens is 3. The molecule has 1 unspecified atom stereocenters. The number of hydrogen-bond acceptors (Lipinski definition) is 4. The lowest BCUT2D eigenvalue weighted by Crippen LogP contribution is -2.34. The van der Waals surface area contributed by atoms with Crippen LogP contribution in [-0.4, -0.2) is 20.6 Å². The normalized spacial score (nSPS) is 23.3. The maximum atomic E-state index is 14.1. The van der Waals surface area contributed by atoms with Gasteiger partial charge in [0.1, 0.15) is 0 Å². The van der Waals surface area contributed by atoms with Gasteiger partial charge in [0.2, 0.25) is 5.95 Å². The van der Waals surface area contributed by atoms with Crippen LogP contribution in [0.15, 0.2) is 52.3 Å². The zero-order chi connectivity index (χ0) is 25.0. The van der Waals surface area contributed by atoms with E-state index in [0.29, 0.717) is 18.9 Å². The fourth-order valence-corrected chi connectivity index (χ4v) is 5.29. The van der Waals surface area contributed by atoms with Crippen molar-refractivity contribution in [3.8, 4) is 11.1 Å². The van der Waals surface area contributed by atoms with Gasteiger partial charge in [-0.15, -0.1) is 0 Å². The molecule has 0 radical (unpaired) electrons. The highest BCUT2D eigenvalue weighted by Crippen LogP contribution is 2.59. The molecule has 1 aliphatic carbocycles. The van der Waals surface area contributed by atoms with Gasteiger partial charge in [-0.2, -0.15) is 17.6 Å². The summed E-state index contributed by atoms with van der Waals surface area (Å²) in [6.45, 7) is 0.300. The second kappa shape index (κ2) is 8.60. The van der Waals surface area contributed by atoms with Gasteiger partial charge in [-0.25, -0.2) is 9.78 Å². The van der Waals surface area contributed by atoms with Crippen molar-refractivity contribution >= 4 is 11.6 Å². The first-order valence-electron chi connectivity index (χ1n) is 11.2. The first-order valence-corrected chi connectivity index (χ1v) is 11.6. The average molecular weight is 509 g/mol. The lowest BCUT2D eigenvalue weighted by atomic mass is 10.0. The van der Waals surface area contributed by atoms with Crippen molar-refractivity contribution in [2.45, 2.75) is 50.0 Å². The predicted molar refractivity (Wildman–Crippen MR) is 122 cm³/mol. The first kappa shape index (κ1) is 23.7. The van der Waals surface area contributed by atoms with Crippen molar-refractivity contribution < 1.29 is 17.6 Å². The Morgan fingerprint density at radius 2 is 1.91 bits per heavy atom. The molecule has 0 bridgehead atoms. The Balaban J connectivity index is 1.24. The Morgan fingerprint density at radius 1 is 1.17 bits per heavy atom. The number of aryl methyl sites for hydroxylation is 1. The monoisotopic (exact) mass is 508 g/mol. The third kappa shape index (κ3) is 4.52. The van der Waals surface area contributed by atoms with E-state index in [1.807, 2.05) is 0 Å². The number of aromatic amines is 1. The number of hydrogen-bond donors (Lipinski definition) is 2. The fraction of sp³-hybridized carbons (Fsp3) is 0.375. The minimum atomic E-state index is -4.36. The molecule has 0 spiro atoms. The molecule has 3 aromatic rings. The van der Waals surface area contributed by atoms with Gasteiger partial charge in [-0.1, -0.05) is 23.7 Å². The van der Waals surface area contributed by atoms with Crippen LogP contribution in [0.5, 0.6) is 0 Å². The van der Waals surface area contributed by atoms with Crippen LogP contribution in [0.1, 0.15) is 36.8 Å². The molecule has 1 saturated carbocycles. The van der Waals surface area contributed by atoms with E-state index in [4.69, 9.17) is 11.6 Å². The van der Waals surface area contributed by atoms with E-state index in [-0.39, 0.29) is 27.7 Å². The highest BCUT2D eigenvalue weighted by Gasteiger charge is 2.60. The third-order valence-electron chi connectivity index (χ3n) is 6.92. The number of halogens is 5. The van der Waals surface area contributed by atoms with E-state index in [2.05, 4.69) is 15.3 Å². The van der Waals surface area contributed by atoms with Crippen LogP contribution in [0.4, 0.5) is 17.6 Å². The molecule has 3 atom stereocenters. The Hall–Kier alpha value is -2.98. The van der Waals surface area contributed by atoms with Gasteiger partial charge in [0.05, 0.1) is 16.1 Å². The number of nitrogens with one attached hydrogen (secondary N) is 2. The highest BCUT2D eigenvalue weighted by molar-refractivity contribution is 6.30. The van der Waals surface area contributed by atoms with Crippen molar-refractivity contribution in [1.29, 1.82) is 0 Å². The van der Waals surface area contributed by atoms with Crippen LogP contribution in [0, 0.1) is 11.9 Å². The van der Waals surface area contributed by atoms with Crippen LogP contribution in [0.2, 0.25) is 5.02 Å². The molecule has 1 saturated heterocycles. The summed E-state index contributed by atoms with van der Waals surface area (Å²) in [6.07, 6.45) is 1.19. The molecule has 2 N–H and O–H groups in total. The molecule has 2 aliphatic rings. The van der Waals surface area contributed by atoms with Gasteiger partial charge in [-0.3, -0.25) is 14.3 Å². The van der Waals surface area contributed by atoms with E-state index in [1.54, 1.807) is 12.1 Å². The lowest BCUT2D eigenvalue weighted by Gasteiger charge is -2.20. The molecule has 3 heterocycles. The number of fused-ring (bicyclic) bond motifs is 1. The summed E-state index contributed by atoms with van der Waals surface area (Å²) in [6, 6.07) is 6.76. The SMILES string of the molecule is O=c1[nH]c(=O)n(CCCC2C[C@@H]3C[C@]3(c3ccc(C(F)(F)F)cc3)N2)cc1-c1cc(Cl)cnc1F. The maximum Gasteiger partial charge on any atom is 0.416 e. The zero-order valence-electron chi connectivity index (χ0n) is 18.3. The molecule has 184 valence electrons. The fourth-order valence-electron chi connectivity index (χ4n) is 5.13. The van der Waals surface area contributed by atoms with Crippen molar-refractivity contribution in [1.82, 2.24) is 19.9 Å². The van der Waals surface area contributed by atoms with Crippen LogP contribution in [-0.2, 0) is 18.3 Å². The van der Waals surface area contributed by atoms with Crippen LogP contribution in [0.25, 0.3) is 11.1 Å². The van der Waals surface area contributed by atoms with Crippen LogP contribution >= 0.6 is 11.6 Å². The number of nitrogens with zero attached hydrogens (tertiary/aromatic N) is 2. The second-order valence-electron chi connectivity index (χ2n) is 9.15. The first-order chi connectivity index (χ1) is 16.6. The minimum Gasteiger partial charge on any atom is -0.304 e. The van der Waals surface area contributed by atoms with Crippen molar-refractivity contribution in [2.75, 3.05) is 0 Å². The summed E-state index contributed by atoms with van der Waals surface area (Å²) < 4.78 is 54.1. The molecule has 5 rings (SSSR count). The van der Waals surface area contributed by atoms with Crippen molar-refractivity contribution in [2.24, 2.45) is 5.92 Å². The summed E-state index contributed by atoms with van der Waals surface area (Å²) in [5, 5.41) is 3.74. The molecule has 0 amide bonds. The summed E-state index contributed by atoms with van der Waals surface area (Å²) in [5.41, 5.74) is -1.56. The van der Waals surface area contributed by atoms with Crippen molar-refractivity contribution in [3.05, 3.63) is 85.7 Å². The summed E-state index contributed by atoms with van der Waals surface area (Å²) in [4.78, 5) is 30.2. The number of benzene rings is 1. The van der Waals surface area contributed by atoms with E-state index in [0.717, 1.165) is 43.2 Å². The van der Waals surface area contributed by atoms with Crippen LogP contribution < -0.4 is 16.6 Å². The van der Waals surface area contributed by atoms with Gasteiger partial charge >= 0.3 is 11.9 Å². The Kier molecular flexibility index (Phi) is 5.83. The zero-order valence-corrected chi connectivity index (χ0v) is 19.1.